The number of aliphatic hydroxyl groups excluding tert-OH is 1. The van der Waals surface area contributed by atoms with Gasteiger partial charge in [-0.15, -0.1) is 0 Å². The van der Waals surface area contributed by atoms with E-state index in [1.807, 2.05) is 26.0 Å². The summed E-state index contributed by atoms with van der Waals surface area (Å²) in [5.41, 5.74) is 6.74. The number of hydrogen-bond donors (Lipinski definition) is 4. The third-order valence-electron chi connectivity index (χ3n) is 6.42. The highest BCUT2D eigenvalue weighted by Gasteiger charge is 2.27. The van der Waals surface area contributed by atoms with Crippen molar-refractivity contribution in [3.05, 3.63) is 63.6 Å². The van der Waals surface area contributed by atoms with Crippen LogP contribution >= 0.6 is 11.6 Å². The molecule has 0 spiro atoms. The van der Waals surface area contributed by atoms with Crippen molar-refractivity contribution >= 4 is 39.8 Å². The fraction of sp³-hybridized carbons (Fsp3) is 0.360. The van der Waals surface area contributed by atoms with Crippen LogP contribution in [0, 0.1) is 13.8 Å². The van der Waals surface area contributed by atoms with Crippen LogP contribution in [0.25, 0.3) is 16.6 Å². The molecule has 3 heterocycles. The van der Waals surface area contributed by atoms with Crippen LogP contribution in [-0.4, -0.2) is 60.4 Å². The number of aromatic nitrogens is 2. The van der Waals surface area contributed by atoms with Crippen molar-refractivity contribution in [3.63, 3.8) is 0 Å². The van der Waals surface area contributed by atoms with E-state index in [2.05, 4.69) is 32.7 Å². The lowest BCUT2D eigenvalue weighted by Gasteiger charge is -2.29. The number of ether oxygens (including phenoxy) is 1. The fourth-order valence-electron chi connectivity index (χ4n) is 4.43. The molecule has 4 N–H and O–H groups in total. The van der Waals surface area contributed by atoms with Gasteiger partial charge in [0, 0.05) is 36.0 Å². The predicted octanol–water partition coefficient (Wildman–Crippen LogP) is 2.83. The summed E-state index contributed by atoms with van der Waals surface area (Å²) in [5.74, 6) is 0.322. The molecule has 2 aliphatic rings. The molecule has 1 aromatic heterocycles. The van der Waals surface area contributed by atoms with Crippen LogP contribution in [0.4, 0.5) is 5.69 Å². The molecule has 34 heavy (non-hydrogen) atoms. The molecule has 8 nitrogen and oxygen atoms in total. The molecule has 1 amide bonds. The molecule has 3 aromatic rings. The van der Waals surface area contributed by atoms with Gasteiger partial charge in [0.25, 0.3) is 5.91 Å². The quantitative estimate of drug-likeness (QED) is 0.432. The Morgan fingerprint density at radius 2 is 2.00 bits per heavy atom. The molecule has 5 rings (SSSR count). The van der Waals surface area contributed by atoms with Gasteiger partial charge in [-0.3, -0.25) is 4.79 Å². The minimum atomic E-state index is -0.767. The van der Waals surface area contributed by atoms with E-state index in [9.17, 15) is 9.90 Å². The standard InChI is InChI=1S/C25H28ClN5O3/c1-14-3-4-16(10-18(14)26)21(32)13-27-20-12-28-25(33)22(20)24-29-19-11-17(9-15(2)23(19)30-24)31-5-7-34-8-6-31/h3-4,9-11,21,27,32H,5-8,12-13H2,1-2H3,(H,28,33)(H,29,30)/t21-/m1/s1. The van der Waals surface area contributed by atoms with Gasteiger partial charge in [-0.05, 0) is 48.7 Å². The molecule has 2 aromatic carbocycles. The summed E-state index contributed by atoms with van der Waals surface area (Å²) in [7, 11) is 0. The minimum Gasteiger partial charge on any atom is -0.387 e. The normalized spacial score (nSPS) is 17.4. The van der Waals surface area contributed by atoms with E-state index < -0.39 is 6.10 Å². The summed E-state index contributed by atoms with van der Waals surface area (Å²) < 4.78 is 5.47. The Hall–Kier alpha value is -3.07. The monoisotopic (exact) mass is 481 g/mol. The van der Waals surface area contributed by atoms with E-state index >= 15 is 0 Å². The van der Waals surface area contributed by atoms with Crippen molar-refractivity contribution in [2.45, 2.75) is 20.0 Å². The summed E-state index contributed by atoms with van der Waals surface area (Å²) in [6, 6.07) is 9.72. The molecule has 1 atom stereocenters. The number of hydrogen-bond acceptors (Lipinski definition) is 6. The van der Waals surface area contributed by atoms with Crippen molar-refractivity contribution in [2.24, 2.45) is 0 Å². The first kappa shape index (κ1) is 22.7. The van der Waals surface area contributed by atoms with Gasteiger partial charge in [-0.25, -0.2) is 4.98 Å². The van der Waals surface area contributed by atoms with Crippen LogP contribution in [0.3, 0.4) is 0 Å². The molecule has 9 heteroatoms. The first-order chi connectivity index (χ1) is 16.4. The Morgan fingerprint density at radius 1 is 1.21 bits per heavy atom. The number of H-pyrrole nitrogens is 1. The number of anilines is 1. The second-order valence-corrected chi connectivity index (χ2v) is 9.19. The third-order valence-corrected chi connectivity index (χ3v) is 6.83. The van der Waals surface area contributed by atoms with Gasteiger partial charge in [0.15, 0.2) is 0 Å². The van der Waals surface area contributed by atoms with Crippen LogP contribution in [0.2, 0.25) is 5.02 Å². The maximum atomic E-state index is 12.7. The lowest BCUT2D eigenvalue weighted by molar-refractivity contribution is -0.114. The van der Waals surface area contributed by atoms with Crippen LogP contribution in [0.1, 0.15) is 28.6 Å². The lowest BCUT2D eigenvalue weighted by Crippen LogP contribution is -2.36. The number of nitrogens with one attached hydrogen (secondary N) is 3. The number of imidazole rings is 1. The van der Waals surface area contributed by atoms with E-state index in [1.54, 1.807) is 6.07 Å². The van der Waals surface area contributed by atoms with Crippen molar-refractivity contribution in [1.82, 2.24) is 20.6 Å². The average Bonchev–Trinajstić information content (AvgIpc) is 3.43. The highest BCUT2D eigenvalue weighted by atomic mass is 35.5. The second kappa shape index (κ2) is 9.29. The summed E-state index contributed by atoms with van der Waals surface area (Å²) in [6.45, 7) is 7.68. The Bertz CT molecular complexity index is 1280. The van der Waals surface area contributed by atoms with Gasteiger partial charge in [0.05, 0.1) is 36.9 Å². The maximum absolute atomic E-state index is 12.7. The minimum absolute atomic E-state index is 0.194. The van der Waals surface area contributed by atoms with Crippen LogP contribution in [0.15, 0.2) is 36.0 Å². The SMILES string of the molecule is Cc1ccc([C@H](O)CNC2=C(c3nc4c(C)cc(N5CCOCC5)cc4[nH]3)C(=O)NC2)cc1Cl. The topological polar surface area (TPSA) is 103 Å². The van der Waals surface area contributed by atoms with Gasteiger partial charge in [0.1, 0.15) is 11.4 Å². The molecule has 0 aliphatic carbocycles. The number of carbonyl (C=O) groups excluding carboxylic acids is 1. The van der Waals surface area contributed by atoms with Gasteiger partial charge >= 0.3 is 0 Å². The van der Waals surface area contributed by atoms with Gasteiger partial charge in [-0.1, -0.05) is 23.7 Å². The number of aryl methyl sites for hydroxylation is 2. The zero-order valence-electron chi connectivity index (χ0n) is 19.2. The van der Waals surface area contributed by atoms with Crippen LogP contribution in [0.5, 0.6) is 0 Å². The summed E-state index contributed by atoms with van der Waals surface area (Å²) >= 11 is 6.20. The summed E-state index contributed by atoms with van der Waals surface area (Å²) in [6.07, 6.45) is -0.767. The van der Waals surface area contributed by atoms with Crippen molar-refractivity contribution < 1.29 is 14.6 Å². The summed E-state index contributed by atoms with van der Waals surface area (Å²) in [5, 5.41) is 17.3. The Morgan fingerprint density at radius 3 is 2.76 bits per heavy atom. The fourth-order valence-corrected chi connectivity index (χ4v) is 4.62. The number of amides is 1. The summed E-state index contributed by atoms with van der Waals surface area (Å²) in [4.78, 5) is 23.1. The average molecular weight is 482 g/mol. The number of rotatable bonds is 6. The maximum Gasteiger partial charge on any atom is 0.257 e. The zero-order valence-corrected chi connectivity index (χ0v) is 20.0. The molecule has 178 valence electrons. The van der Waals surface area contributed by atoms with Gasteiger partial charge in [-0.2, -0.15) is 0 Å². The predicted molar refractivity (Wildman–Crippen MR) is 133 cm³/mol. The first-order valence-corrected chi connectivity index (χ1v) is 11.8. The number of morpholine rings is 1. The zero-order chi connectivity index (χ0) is 23.8. The Balaban J connectivity index is 1.41. The number of aliphatic hydroxyl groups is 1. The Kier molecular flexibility index (Phi) is 6.20. The number of nitrogens with zero attached hydrogens (tertiary/aromatic N) is 2. The van der Waals surface area contributed by atoms with Gasteiger partial charge in [0.2, 0.25) is 0 Å². The number of halogens is 1. The molecule has 0 saturated carbocycles. The number of carbonyl (C=O) groups is 1. The lowest BCUT2D eigenvalue weighted by atomic mass is 10.1. The number of fused-ring (bicyclic) bond motifs is 1. The molecule has 1 saturated heterocycles. The Labute approximate surface area is 203 Å². The molecule has 0 bridgehead atoms. The van der Waals surface area contributed by atoms with E-state index in [4.69, 9.17) is 21.3 Å². The first-order valence-electron chi connectivity index (χ1n) is 11.4. The molecule has 1 fully saturated rings. The third kappa shape index (κ3) is 4.36. The van der Waals surface area contributed by atoms with Crippen molar-refractivity contribution in [1.29, 1.82) is 0 Å². The van der Waals surface area contributed by atoms with Crippen LogP contribution in [-0.2, 0) is 9.53 Å². The highest BCUT2D eigenvalue weighted by molar-refractivity contribution is 6.31. The van der Waals surface area contributed by atoms with Gasteiger partial charge < -0.3 is 30.4 Å². The van der Waals surface area contributed by atoms with Crippen molar-refractivity contribution in [2.75, 3.05) is 44.3 Å². The highest BCUT2D eigenvalue weighted by Crippen LogP contribution is 2.29. The van der Waals surface area contributed by atoms with E-state index in [-0.39, 0.29) is 12.5 Å². The smallest absolute Gasteiger partial charge is 0.257 e. The largest absolute Gasteiger partial charge is 0.387 e. The van der Waals surface area contributed by atoms with E-state index in [1.165, 1.54) is 0 Å². The molecule has 0 unspecified atom stereocenters. The molecule has 2 aliphatic heterocycles. The second-order valence-electron chi connectivity index (χ2n) is 8.79. The van der Waals surface area contributed by atoms with Crippen molar-refractivity contribution in [3.8, 4) is 0 Å². The van der Waals surface area contributed by atoms with E-state index in [0.29, 0.717) is 41.9 Å². The molecule has 0 radical (unpaired) electrons. The molecular weight excluding hydrogens is 454 g/mol. The van der Waals surface area contributed by atoms with E-state index in [0.717, 1.165) is 46.5 Å². The van der Waals surface area contributed by atoms with Crippen LogP contribution < -0.4 is 15.5 Å². The molecular formula is C25H28ClN5O3. The number of aromatic amines is 1. The number of benzene rings is 2.